The third-order valence-electron chi connectivity index (χ3n) is 3.64. The number of carbonyl (C=O) groups is 1. The van der Waals surface area contributed by atoms with E-state index in [1.165, 1.54) is 0 Å². The zero-order valence-corrected chi connectivity index (χ0v) is 12.0. The van der Waals surface area contributed by atoms with Crippen molar-refractivity contribution in [2.24, 2.45) is 0 Å². The summed E-state index contributed by atoms with van der Waals surface area (Å²) in [4.78, 5) is 13.0. The number of unbranched alkanes of at least 4 members (excludes halogenated alkanes) is 1. The number of hydrogen-bond acceptors (Lipinski definition) is 3. The van der Waals surface area contributed by atoms with Crippen LogP contribution >= 0.6 is 0 Å². The van der Waals surface area contributed by atoms with Crippen LogP contribution < -0.4 is 4.74 Å². The van der Waals surface area contributed by atoms with Gasteiger partial charge in [0.2, 0.25) is 0 Å². The molecular weight excluding hydrogens is 254 g/mol. The normalized spacial score (nSPS) is 18.9. The van der Waals surface area contributed by atoms with Gasteiger partial charge in [-0.2, -0.15) is 0 Å². The molecule has 0 bridgehead atoms. The van der Waals surface area contributed by atoms with Gasteiger partial charge in [0.25, 0.3) is 0 Å². The van der Waals surface area contributed by atoms with E-state index in [9.17, 15) is 4.79 Å². The third kappa shape index (κ3) is 4.23. The van der Waals surface area contributed by atoms with Crippen LogP contribution in [0.1, 0.15) is 38.2 Å². The first-order valence-corrected chi connectivity index (χ1v) is 7.37. The second-order valence-electron chi connectivity index (χ2n) is 5.37. The van der Waals surface area contributed by atoms with E-state index < -0.39 is 5.97 Å². The summed E-state index contributed by atoms with van der Waals surface area (Å²) < 4.78 is 6.11. The van der Waals surface area contributed by atoms with Crippen molar-refractivity contribution in [3.8, 4) is 5.75 Å². The fourth-order valence-corrected chi connectivity index (χ4v) is 2.57. The molecule has 20 heavy (non-hydrogen) atoms. The molecule has 4 nitrogen and oxygen atoms in total. The molecule has 1 aliphatic heterocycles. The average molecular weight is 277 g/mol. The fourth-order valence-electron chi connectivity index (χ4n) is 2.57. The largest absolute Gasteiger partial charge is 0.489 e. The summed E-state index contributed by atoms with van der Waals surface area (Å²) in [6, 6.07) is 8.06. The summed E-state index contributed by atoms with van der Waals surface area (Å²) in [7, 11) is 0. The number of para-hydroxylation sites is 1. The maximum absolute atomic E-state index is 10.8. The quantitative estimate of drug-likeness (QED) is 0.868. The van der Waals surface area contributed by atoms with Gasteiger partial charge in [0, 0.05) is 25.2 Å². The highest BCUT2D eigenvalue weighted by Gasteiger charge is 2.22. The second-order valence-corrected chi connectivity index (χ2v) is 5.37. The van der Waals surface area contributed by atoms with E-state index >= 15 is 0 Å². The second kappa shape index (κ2) is 7.29. The van der Waals surface area contributed by atoms with Crippen LogP contribution in [0.4, 0.5) is 0 Å². The monoisotopic (exact) mass is 277 g/mol. The van der Waals surface area contributed by atoms with Crippen LogP contribution in [0.2, 0.25) is 0 Å². The number of carboxylic acids is 1. The molecule has 0 radical (unpaired) electrons. The van der Waals surface area contributed by atoms with E-state index in [-0.39, 0.29) is 12.5 Å². The fraction of sp³-hybridized carbons (Fsp3) is 0.562. The Kier molecular flexibility index (Phi) is 5.41. The van der Waals surface area contributed by atoms with Crippen LogP contribution in [0, 0.1) is 0 Å². The molecule has 0 aromatic heterocycles. The molecule has 0 spiro atoms. The number of aliphatic carboxylic acids is 1. The van der Waals surface area contributed by atoms with Gasteiger partial charge in [-0.1, -0.05) is 31.5 Å². The maximum Gasteiger partial charge on any atom is 0.304 e. The summed E-state index contributed by atoms with van der Waals surface area (Å²) in [5.74, 6) is 0.208. The Morgan fingerprint density at radius 1 is 1.45 bits per heavy atom. The van der Waals surface area contributed by atoms with Crippen LogP contribution in [0.15, 0.2) is 24.3 Å². The molecule has 1 atom stereocenters. The van der Waals surface area contributed by atoms with Crippen molar-refractivity contribution >= 4 is 5.97 Å². The van der Waals surface area contributed by atoms with Crippen molar-refractivity contribution in [2.45, 2.75) is 45.3 Å². The lowest BCUT2D eigenvalue weighted by Gasteiger charge is -2.23. The summed E-state index contributed by atoms with van der Waals surface area (Å²) in [5, 5.41) is 8.86. The average Bonchev–Trinajstić information content (AvgIpc) is 2.61. The van der Waals surface area contributed by atoms with Gasteiger partial charge in [-0.25, -0.2) is 0 Å². The standard InChI is InChI=1S/C16H23NO3/c1-2-3-7-14-12-17(10-9-16(18)19)11-13-6-4-5-8-15(13)20-14/h4-6,8,14H,2-3,7,9-12H2,1H3,(H,18,19). The van der Waals surface area contributed by atoms with Gasteiger partial charge in [-0.15, -0.1) is 0 Å². The SMILES string of the molecule is CCCCC1CN(CCC(=O)O)Cc2ccccc2O1. The van der Waals surface area contributed by atoms with Crippen molar-refractivity contribution in [2.75, 3.05) is 13.1 Å². The number of fused-ring (bicyclic) bond motifs is 1. The van der Waals surface area contributed by atoms with Crippen molar-refractivity contribution in [1.29, 1.82) is 0 Å². The Morgan fingerprint density at radius 3 is 3.00 bits per heavy atom. The minimum absolute atomic E-state index is 0.160. The van der Waals surface area contributed by atoms with Crippen molar-refractivity contribution < 1.29 is 14.6 Å². The molecular formula is C16H23NO3. The summed E-state index contributed by atoms with van der Waals surface area (Å²) >= 11 is 0. The first-order valence-electron chi connectivity index (χ1n) is 7.37. The molecule has 0 saturated carbocycles. The summed E-state index contributed by atoms with van der Waals surface area (Å²) in [6.07, 6.45) is 3.65. The third-order valence-corrected chi connectivity index (χ3v) is 3.64. The van der Waals surface area contributed by atoms with Gasteiger partial charge >= 0.3 is 5.97 Å². The van der Waals surface area contributed by atoms with Gasteiger partial charge in [0.05, 0.1) is 6.42 Å². The van der Waals surface area contributed by atoms with E-state index in [1.807, 2.05) is 18.2 Å². The molecule has 0 aliphatic carbocycles. The zero-order valence-electron chi connectivity index (χ0n) is 12.0. The highest BCUT2D eigenvalue weighted by atomic mass is 16.5. The van der Waals surface area contributed by atoms with Crippen LogP contribution in [0.25, 0.3) is 0 Å². The number of nitrogens with zero attached hydrogens (tertiary/aromatic N) is 1. The highest BCUT2D eigenvalue weighted by molar-refractivity contribution is 5.66. The molecule has 110 valence electrons. The van der Waals surface area contributed by atoms with E-state index in [2.05, 4.69) is 17.9 Å². The first-order chi connectivity index (χ1) is 9.69. The summed E-state index contributed by atoms with van der Waals surface area (Å²) in [5.41, 5.74) is 1.15. The van der Waals surface area contributed by atoms with E-state index in [1.54, 1.807) is 0 Å². The number of rotatable bonds is 6. The van der Waals surface area contributed by atoms with Crippen molar-refractivity contribution in [3.63, 3.8) is 0 Å². The van der Waals surface area contributed by atoms with Gasteiger partial charge in [-0.3, -0.25) is 9.69 Å². The number of hydrogen-bond donors (Lipinski definition) is 1. The lowest BCUT2D eigenvalue weighted by atomic mass is 10.1. The Hall–Kier alpha value is -1.55. The smallest absolute Gasteiger partial charge is 0.304 e. The minimum Gasteiger partial charge on any atom is -0.489 e. The molecule has 2 rings (SSSR count). The minimum atomic E-state index is -0.742. The Labute approximate surface area is 120 Å². The van der Waals surface area contributed by atoms with Crippen LogP contribution in [-0.4, -0.2) is 35.2 Å². The topological polar surface area (TPSA) is 49.8 Å². The molecule has 1 aromatic rings. The van der Waals surface area contributed by atoms with Gasteiger partial charge < -0.3 is 9.84 Å². The van der Waals surface area contributed by atoms with Crippen LogP contribution in [0.5, 0.6) is 5.75 Å². The number of benzene rings is 1. The molecule has 1 N–H and O–H groups in total. The van der Waals surface area contributed by atoms with E-state index in [0.717, 1.165) is 43.7 Å². The predicted octanol–water partition coefficient (Wildman–Crippen LogP) is 2.91. The molecule has 1 heterocycles. The van der Waals surface area contributed by atoms with Crippen molar-refractivity contribution in [3.05, 3.63) is 29.8 Å². The Bertz CT molecular complexity index is 447. The van der Waals surface area contributed by atoms with E-state index in [0.29, 0.717) is 6.54 Å². The molecule has 1 aliphatic rings. The lowest BCUT2D eigenvalue weighted by Crippen LogP contribution is -2.34. The number of ether oxygens (including phenoxy) is 1. The molecule has 0 amide bonds. The zero-order chi connectivity index (χ0) is 14.4. The number of carboxylic acid groups (broad SMARTS) is 1. The maximum atomic E-state index is 10.8. The first kappa shape index (κ1) is 14.9. The molecule has 0 saturated heterocycles. The van der Waals surface area contributed by atoms with Gasteiger partial charge in [0.1, 0.15) is 11.9 Å². The van der Waals surface area contributed by atoms with Gasteiger partial charge in [-0.05, 0) is 18.9 Å². The lowest BCUT2D eigenvalue weighted by molar-refractivity contribution is -0.137. The predicted molar refractivity (Wildman–Crippen MR) is 77.9 cm³/mol. The summed E-state index contributed by atoms with van der Waals surface area (Å²) in [6.45, 7) is 4.33. The molecule has 1 aromatic carbocycles. The Morgan fingerprint density at radius 2 is 2.25 bits per heavy atom. The molecule has 0 fully saturated rings. The van der Waals surface area contributed by atoms with Crippen LogP contribution in [-0.2, 0) is 11.3 Å². The Balaban J connectivity index is 2.08. The van der Waals surface area contributed by atoms with Crippen molar-refractivity contribution in [1.82, 2.24) is 4.90 Å². The molecule has 1 unspecified atom stereocenters. The van der Waals surface area contributed by atoms with E-state index in [4.69, 9.17) is 9.84 Å². The van der Waals surface area contributed by atoms with Gasteiger partial charge in [0.15, 0.2) is 0 Å². The van der Waals surface area contributed by atoms with Crippen LogP contribution in [0.3, 0.4) is 0 Å². The highest BCUT2D eigenvalue weighted by Crippen LogP contribution is 2.26. The molecule has 4 heteroatoms.